The summed E-state index contributed by atoms with van der Waals surface area (Å²) < 4.78 is 0. The van der Waals surface area contributed by atoms with Gasteiger partial charge >= 0.3 is 0 Å². The molecular weight excluding hydrogens is 394 g/mol. The first-order chi connectivity index (χ1) is 15.3. The SMILES string of the molecule is CC(C)c1ccc2c(c1)CC[C@H]1[C@](C)(CNC(=O)c3n[nH]c4c3CCCC4)CCC[C@]21C. The quantitative estimate of drug-likeness (QED) is 0.635. The molecule has 0 radical (unpaired) electrons. The van der Waals surface area contributed by atoms with Gasteiger partial charge in [-0.05, 0) is 90.7 Å². The molecule has 1 aromatic heterocycles. The summed E-state index contributed by atoms with van der Waals surface area (Å²) in [5, 5.41) is 10.8. The molecule has 0 aliphatic heterocycles. The van der Waals surface area contributed by atoms with Crippen LogP contribution in [0.2, 0.25) is 0 Å². The van der Waals surface area contributed by atoms with E-state index in [-0.39, 0.29) is 16.7 Å². The molecule has 1 heterocycles. The first-order valence-electron chi connectivity index (χ1n) is 12.8. The van der Waals surface area contributed by atoms with Crippen molar-refractivity contribution in [2.24, 2.45) is 11.3 Å². The predicted octanol–water partition coefficient (Wildman–Crippen LogP) is 5.85. The number of H-pyrrole nitrogens is 1. The Kier molecular flexibility index (Phi) is 5.46. The van der Waals surface area contributed by atoms with Crippen LogP contribution in [0.1, 0.15) is 111 Å². The Morgan fingerprint density at radius 1 is 1.16 bits per heavy atom. The van der Waals surface area contributed by atoms with Gasteiger partial charge in [0.2, 0.25) is 0 Å². The molecule has 2 N–H and O–H groups in total. The zero-order valence-corrected chi connectivity index (χ0v) is 20.3. The standard InChI is InChI=1S/C28H39N3O/c1-18(2)19-10-12-22-20(16-19)11-13-24-27(3,14-7-15-28(22,24)4)17-29-26(32)25-21-8-5-6-9-23(21)30-31-25/h10,12,16,18,24H,5-9,11,13-15,17H2,1-4H3,(H,29,32)(H,30,31)/t24-,27-,28+/m0/s1. The summed E-state index contributed by atoms with van der Waals surface area (Å²) in [4.78, 5) is 13.1. The molecule has 4 heteroatoms. The summed E-state index contributed by atoms with van der Waals surface area (Å²) in [7, 11) is 0. The van der Waals surface area contributed by atoms with Crippen LogP contribution in [-0.2, 0) is 24.7 Å². The Bertz CT molecular complexity index is 1020. The van der Waals surface area contributed by atoms with Gasteiger partial charge in [0.15, 0.2) is 5.69 Å². The van der Waals surface area contributed by atoms with Crippen LogP contribution in [0.5, 0.6) is 0 Å². The molecule has 5 rings (SSSR count). The number of benzene rings is 1. The van der Waals surface area contributed by atoms with Gasteiger partial charge in [-0.2, -0.15) is 5.10 Å². The molecule has 3 atom stereocenters. The number of aryl methyl sites for hydroxylation is 2. The largest absolute Gasteiger partial charge is 0.350 e. The Hall–Kier alpha value is -2.10. The number of nitrogens with one attached hydrogen (secondary N) is 2. The molecule has 32 heavy (non-hydrogen) atoms. The summed E-state index contributed by atoms with van der Waals surface area (Å²) >= 11 is 0. The predicted molar refractivity (Wildman–Crippen MR) is 129 cm³/mol. The minimum Gasteiger partial charge on any atom is -0.350 e. The lowest BCUT2D eigenvalue weighted by molar-refractivity contribution is 0.0253. The van der Waals surface area contributed by atoms with E-state index in [2.05, 4.69) is 61.4 Å². The number of amides is 1. The number of aromatic amines is 1. The molecule has 172 valence electrons. The molecule has 0 bridgehead atoms. The fourth-order valence-corrected chi connectivity index (χ4v) is 7.25. The number of nitrogens with zero attached hydrogens (tertiary/aromatic N) is 1. The van der Waals surface area contributed by atoms with Crippen molar-refractivity contribution in [1.82, 2.24) is 15.5 Å². The maximum absolute atomic E-state index is 13.1. The van der Waals surface area contributed by atoms with Gasteiger partial charge in [-0.15, -0.1) is 0 Å². The third kappa shape index (κ3) is 3.50. The van der Waals surface area contributed by atoms with Crippen LogP contribution < -0.4 is 5.32 Å². The first-order valence-corrected chi connectivity index (χ1v) is 12.8. The lowest BCUT2D eigenvalue weighted by atomic mass is 9.49. The van der Waals surface area contributed by atoms with Gasteiger partial charge in [0.1, 0.15) is 0 Å². The molecule has 0 saturated heterocycles. The molecule has 3 aliphatic carbocycles. The Morgan fingerprint density at radius 2 is 1.97 bits per heavy atom. The van der Waals surface area contributed by atoms with Crippen molar-refractivity contribution >= 4 is 5.91 Å². The first kappa shape index (κ1) is 21.7. The lowest BCUT2D eigenvalue weighted by Crippen LogP contribution is -2.53. The van der Waals surface area contributed by atoms with Crippen LogP contribution >= 0.6 is 0 Å². The highest BCUT2D eigenvalue weighted by Gasteiger charge is 2.51. The van der Waals surface area contributed by atoms with E-state index < -0.39 is 0 Å². The molecule has 1 saturated carbocycles. The summed E-state index contributed by atoms with van der Waals surface area (Å²) in [5.41, 5.74) is 7.86. The summed E-state index contributed by atoms with van der Waals surface area (Å²) in [6.45, 7) is 10.2. The van der Waals surface area contributed by atoms with E-state index in [1.54, 1.807) is 11.1 Å². The van der Waals surface area contributed by atoms with Crippen molar-refractivity contribution in [3.8, 4) is 0 Å². The second kappa shape index (κ2) is 8.04. The summed E-state index contributed by atoms with van der Waals surface area (Å²) in [6, 6.07) is 7.25. The average molecular weight is 434 g/mol. The molecule has 2 aromatic rings. The highest BCUT2D eigenvalue weighted by molar-refractivity contribution is 5.94. The van der Waals surface area contributed by atoms with Gasteiger partial charge in [0.05, 0.1) is 0 Å². The van der Waals surface area contributed by atoms with E-state index in [9.17, 15) is 4.79 Å². The van der Waals surface area contributed by atoms with Gasteiger partial charge < -0.3 is 5.32 Å². The van der Waals surface area contributed by atoms with Crippen LogP contribution in [0, 0.1) is 11.3 Å². The van der Waals surface area contributed by atoms with Crippen LogP contribution in [0.3, 0.4) is 0 Å². The number of fused-ring (bicyclic) bond motifs is 4. The second-order valence-electron chi connectivity index (χ2n) is 11.5. The molecular formula is C28H39N3O. The van der Waals surface area contributed by atoms with E-state index in [0.717, 1.165) is 37.8 Å². The minimum absolute atomic E-state index is 0.00989. The Balaban J connectivity index is 1.36. The van der Waals surface area contributed by atoms with Crippen molar-refractivity contribution in [1.29, 1.82) is 0 Å². The molecule has 1 fully saturated rings. The lowest BCUT2D eigenvalue weighted by Gasteiger charge is -2.55. The van der Waals surface area contributed by atoms with E-state index in [1.807, 2.05) is 0 Å². The average Bonchev–Trinajstić information content (AvgIpc) is 3.21. The van der Waals surface area contributed by atoms with Crippen molar-refractivity contribution in [2.45, 2.75) is 96.8 Å². The number of carbonyl (C=O) groups excluding carboxylic acids is 1. The van der Waals surface area contributed by atoms with E-state index >= 15 is 0 Å². The smallest absolute Gasteiger partial charge is 0.272 e. The zero-order valence-electron chi connectivity index (χ0n) is 20.3. The molecule has 3 aliphatic rings. The molecule has 0 unspecified atom stereocenters. The topological polar surface area (TPSA) is 57.8 Å². The van der Waals surface area contributed by atoms with Gasteiger partial charge in [-0.25, -0.2) is 0 Å². The van der Waals surface area contributed by atoms with Gasteiger partial charge in [-0.1, -0.05) is 52.3 Å². The molecule has 1 aromatic carbocycles. The minimum atomic E-state index is 0.00989. The number of rotatable bonds is 4. The van der Waals surface area contributed by atoms with Crippen LogP contribution in [0.4, 0.5) is 0 Å². The van der Waals surface area contributed by atoms with Crippen LogP contribution in [-0.4, -0.2) is 22.6 Å². The Labute approximate surface area is 193 Å². The third-order valence-corrected chi connectivity index (χ3v) is 9.09. The highest BCUT2D eigenvalue weighted by atomic mass is 16.1. The number of aromatic nitrogens is 2. The number of hydrogen-bond acceptors (Lipinski definition) is 2. The summed E-state index contributed by atoms with van der Waals surface area (Å²) in [5.74, 6) is 1.18. The van der Waals surface area contributed by atoms with Crippen LogP contribution in [0.15, 0.2) is 18.2 Å². The molecule has 1 amide bonds. The zero-order chi connectivity index (χ0) is 22.5. The number of carbonyl (C=O) groups is 1. The van der Waals surface area contributed by atoms with Gasteiger partial charge in [-0.3, -0.25) is 9.89 Å². The van der Waals surface area contributed by atoms with Crippen molar-refractivity contribution < 1.29 is 4.79 Å². The van der Waals surface area contributed by atoms with Crippen LogP contribution in [0.25, 0.3) is 0 Å². The second-order valence-corrected chi connectivity index (χ2v) is 11.5. The van der Waals surface area contributed by atoms with Crippen molar-refractivity contribution in [3.63, 3.8) is 0 Å². The Morgan fingerprint density at radius 3 is 2.78 bits per heavy atom. The van der Waals surface area contributed by atoms with E-state index in [4.69, 9.17) is 0 Å². The van der Waals surface area contributed by atoms with E-state index in [1.165, 1.54) is 43.4 Å². The van der Waals surface area contributed by atoms with Crippen molar-refractivity contribution in [3.05, 3.63) is 51.8 Å². The molecule has 4 nitrogen and oxygen atoms in total. The summed E-state index contributed by atoms with van der Waals surface area (Å²) in [6.07, 6.45) is 10.4. The fourth-order valence-electron chi connectivity index (χ4n) is 7.25. The van der Waals surface area contributed by atoms with Gasteiger partial charge in [0, 0.05) is 17.8 Å². The van der Waals surface area contributed by atoms with Gasteiger partial charge in [0.25, 0.3) is 5.91 Å². The maximum Gasteiger partial charge on any atom is 0.272 e. The monoisotopic (exact) mass is 433 g/mol. The number of hydrogen-bond donors (Lipinski definition) is 2. The normalized spacial score (nSPS) is 29.2. The van der Waals surface area contributed by atoms with E-state index in [0.29, 0.717) is 17.5 Å². The van der Waals surface area contributed by atoms with Crippen molar-refractivity contribution in [2.75, 3.05) is 6.54 Å². The fraction of sp³-hybridized carbons (Fsp3) is 0.643. The molecule has 0 spiro atoms. The third-order valence-electron chi connectivity index (χ3n) is 9.09. The maximum atomic E-state index is 13.1. The highest BCUT2D eigenvalue weighted by Crippen LogP contribution is 2.57.